The molecule has 0 aliphatic rings. The van der Waals surface area contributed by atoms with Crippen LogP contribution in [0.3, 0.4) is 0 Å². The lowest BCUT2D eigenvalue weighted by atomic mass is 9.95. The van der Waals surface area contributed by atoms with Crippen LogP contribution in [0, 0.1) is 5.41 Å². The fraction of sp³-hybridized carbons (Fsp3) is 0.556. The second kappa shape index (κ2) is 3.69. The number of aryl methyl sites for hydroxylation is 1. The van der Waals surface area contributed by atoms with Crippen molar-refractivity contribution in [2.24, 2.45) is 12.5 Å². The highest BCUT2D eigenvalue weighted by Crippen LogP contribution is 2.17. The molecule has 1 N–H and O–H groups in total. The number of rotatable bonds is 4. The summed E-state index contributed by atoms with van der Waals surface area (Å²) in [5.74, 6) is -0.289. The van der Waals surface area contributed by atoms with Gasteiger partial charge in [0.1, 0.15) is 6.61 Å². The molecule has 0 aliphatic heterocycles. The van der Waals surface area contributed by atoms with Crippen LogP contribution in [0.4, 0.5) is 0 Å². The molecule has 0 aromatic carbocycles. The van der Waals surface area contributed by atoms with Crippen molar-refractivity contribution in [2.45, 2.75) is 13.8 Å². The molecule has 0 spiro atoms. The summed E-state index contributed by atoms with van der Waals surface area (Å²) in [4.78, 5) is 10.7. The number of nitrogens with zero attached hydrogens (tertiary/aromatic N) is 2. The molecule has 0 aliphatic carbocycles. The monoisotopic (exact) mass is 198 g/mol. The number of aromatic nitrogens is 2. The molecule has 0 fully saturated rings. The molecular formula is C9H14N2O3. The number of ether oxygens (including phenoxy) is 1. The van der Waals surface area contributed by atoms with E-state index >= 15 is 0 Å². The van der Waals surface area contributed by atoms with Gasteiger partial charge in [-0.3, -0.25) is 9.48 Å². The summed E-state index contributed by atoms with van der Waals surface area (Å²) in [5, 5.41) is 12.7. The van der Waals surface area contributed by atoms with Crippen molar-refractivity contribution >= 4 is 5.97 Å². The number of hydrogen-bond donors (Lipinski definition) is 1. The van der Waals surface area contributed by atoms with Gasteiger partial charge >= 0.3 is 5.97 Å². The first kappa shape index (κ1) is 10.6. The van der Waals surface area contributed by atoms with E-state index in [2.05, 4.69) is 5.10 Å². The fourth-order valence-corrected chi connectivity index (χ4v) is 0.799. The predicted octanol–water partition coefficient (Wildman–Crippen LogP) is 0.910. The molecule has 0 bridgehead atoms. The van der Waals surface area contributed by atoms with Crippen molar-refractivity contribution in [1.82, 2.24) is 9.78 Å². The van der Waals surface area contributed by atoms with Gasteiger partial charge in [-0.15, -0.1) is 0 Å². The largest absolute Gasteiger partial charge is 0.489 e. The van der Waals surface area contributed by atoms with Crippen LogP contribution in [-0.2, 0) is 11.8 Å². The van der Waals surface area contributed by atoms with Crippen molar-refractivity contribution in [1.29, 1.82) is 0 Å². The van der Waals surface area contributed by atoms with Crippen LogP contribution in [0.5, 0.6) is 5.75 Å². The third-order valence-corrected chi connectivity index (χ3v) is 1.86. The van der Waals surface area contributed by atoms with Crippen molar-refractivity contribution in [2.75, 3.05) is 6.61 Å². The summed E-state index contributed by atoms with van der Waals surface area (Å²) in [5.41, 5.74) is -0.879. The van der Waals surface area contributed by atoms with Gasteiger partial charge in [0.2, 0.25) is 0 Å². The zero-order valence-electron chi connectivity index (χ0n) is 8.52. The highest BCUT2D eigenvalue weighted by Gasteiger charge is 2.28. The second-order valence-corrected chi connectivity index (χ2v) is 3.83. The predicted molar refractivity (Wildman–Crippen MR) is 50.1 cm³/mol. The Labute approximate surface area is 82.3 Å². The van der Waals surface area contributed by atoms with Crippen LogP contribution >= 0.6 is 0 Å². The lowest BCUT2D eigenvalue weighted by Crippen LogP contribution is -2.30. The minimum atomic E-state index is -0.879. The Morgan fingerprint density at radius 3 is 2.79 bits per heavy atom. The lowest BCUT2D eigenvalue weighted by Gasteiger charge is -2.18. The summed E-state index contributed by atoms with van der Waals surface area (Å²) in [6, 6.07) is 0. The molecule has 1 aromatic heterocycles. The van der Waals surface area contributed by atoms with E-state index in [-0.39, 0.29) is 6.61 Å². The molecule has 1 heterocycles. The Morgan fingerprint density at radius 2 is 2.36 bits per heavy atom. The molecule has 14 heavy (non-hydrogen) atoms. The topological polar surface area (TPSA) is 64.3 Å². The maximum Gasteiger partial charge on any atom is 0.312 e. The molecular weight excluding hydrogens is 184 g/mol. The van der Waals surface area contributed by atoms with E-state index in [9.17, 15) is 4.79 Å². The Hall–Kier alpha value is -1.52. The first-order chi connectivity index (χ1) is 6.42. The molecule has 0 saturated heterocycles. The summed E-state index contributed by atoms with van der Waals surface area (Å²) < 4.78 is 6.89. The molecule has 5 nitrogen and oxygen atoms in total. The van der Waals surface area contributed by atoms with Gasteiger partial charge in [0, 0.05) is 7.05 Å². The van der Waals surface area contributed by atoms with Gasteiger partial charge < -0.3 is 9.84 Å². The van der Waals surface area contributed by atoms with Crippen LogP contribution in [-0.4, -0.2) is 27.5 Å². The van der Waals surface area contributed by atoms with E-state index in [4.69, 9.17) is 9.84 Å². The van der Waals surface area contributed by atoms with Gasteiger partial charge in [-0.05, 0) is 13.8 Å². The molecule has 78 valence electrons. The van der Waals surface area contributed by atoms with E-state index in [0.717, 1.165) is 0 Å². The Kier molecular flexibility index (Phi) is 2.78. The van der Waals surface area contributed by atoms with Gasteiger partial charge in [0.25, 0.3) is 0 Å². The van der Waals surface area contributed by atoms with E-state index in [1.165, 1.54) is 0 Å². The number of hydrogen-bond acceptors (Lipinski definition) is 3. The normalized spacial score (nSPS) is 11.4. The highest BCUT2D eigenvalue weighted by atomic mass is 16.5. The molecule has 0 saturated carbocycles. The van der Waals surface area contributed by atoms with Gasteiger partial charge in [-0.25, -0.2) is 0 Å². The lowest BCUT2D eigenvalue weighted by molar-refractivity contribution is -0.148. The minimum Gasteiger partial charge on any atom is -0.489 e. The average Bonchev–Trinajstić information content (AvgIpc) is 2.48. The number of carboxylic acid groups (broad SMARTS) is 1. The van der Waals surface area contributed by atoms with Gasteiger partial charge in [-0.1, -0.05) is 0 Å². The van der Waals surface area contributed by atoms with E-state index in [0.29, 0.717) is 5.75 Å². The number of aliphatic carboxylic acids is 1. The van der Waals surface area contributed by atoms with E-state index in [1.807, 2.05) is 0 Å². The van der Waals surface area contributed by atoms with Crippen LogP contribution < -0.4 is 4.74 Å². The maximum absolute atomic E-state index is 10.7. The van der Waals surface area contributed by atoms with Crippen molar-refractivity contribution < 1.29 is 14.6 Å². The average molecular weight is 198 g/mol. The second-order valence-electron chi connectivity index (χ2n) is 3.83. The third-order valence-electron chi connectivity index (χ3n) is 1.86. The Balaban J connectivity index is 2.52. The molecule has 0 amide bonds. The molecule has 0 atom stereocenters. The van der Waals surface area contributed by atoms with Gasteiger partial charge in [0.05, 0.1) is 17.8 Å². The summed E-state index contributed by atoms with van der Waals surface area (Å²) >= 11 is 0. The van der Waals surface area contributed by atoms with Crippen LogP contribution in [0.25, 0.3) is 0 Å². The van der Waals surface area contributed by atoms with Crippen molar-refractivity contribution in [3.63, 3.8) is 0 Å². The zero-order chi connectivity index (χ0) is 10.8. The standard InChI is InChI=1S/C9H14N2O3/c1-9(2,8(12)13)6-14-7-4-10-11(3)5-7/h4-5H,6H2,1-3H3,(H,12,13). The Morgan fingerprint density at radius 1 is 1.71 bits per heavy atom. The Bertz CT molecular complexity index is 331. The van der Waals surface area contributed by atoms with Crippen LogP contribution in [0.15, 0.2) is 12.4 Å². The van der Waals surface area contributed by atoms with Gasteiger partial charge in [-0.2, -0.15) is 5.10 Å². The molecule has 0 radical (unpaired) electrons. The van der Waals surface area contributed by atoms with Crippen LogP contribution in [0.1, 0.15) is 13.8 Å². The van der Waals surface area contributed by atoms with Gasteiger partial charge in [0.15, 0.2) is 5.75 Å². The first-order valence-electron chi connectivity index (χ1n) is 4.27. The van der Waals surface area contributed by atoms with Crippen molar-refractivity contribution in [3.05, 3.63) is 12.4 Å². The highest BCUT2D eigenvalue weighted by molar-refractivity contribution is 5.73. The smallest absolute Gasteiger partial charge is 0.312 e. The molecule has 5 heteroatoms. The summed E-state index contributed by atoms with van der Waals surface area (Å²) in [7, 11) is 1.77. The zero-order valence-corrected chi connectivity index (χ0v) is 8.52. The molecule has 1 rings (SSSR count). The van der Waals surface area contributed by atoms with E-state index in [1.54, 1.807) is 38.0 Å². The van der Waals surface area contributed by atoms with Crippen LogP contribution in [0.2, 0.25) is 0 Å². The molecule has 0 unspecified atom stereocenters. The first-order valence-corrected chi connectivity index (χ1v) is 4.27. The number of carbonyl (C=O) groups is 1. The quantitative estimate of drug-likeness (QED) is 0.781. The van der Waals surface area contributed by atoms with E-state index < -0.39 is 11.4 Å². The summed E-state index contributed by atoms with van der Waals surface area (Å²) in [6.07, 6.45) is 3.25. The molecule has 1 aromatic rings. The summed E-state index contributed by atoms with van der Waals surface area (Å²) in [6.45, 7) is 3.37. The number of carboxylic acids is 1. The fourth-order valence-electron chi connectivity index (χ4n) is 0.799. The van der Waals surface area contributed by atoms with Crippen molar-refractivity contribution in [3.8, 4) is 5.75 Å². The minimum absolute atomic E-state index is 0.133. The SMILES string of the molecule is Cn1cc(OCC(C)(C)C(=O)O)cn1. The maximum atomic E-state index is 10.7. The third kappa shape index (κ3) is 2.48.